The summed E-state index contributed by atoms with van der Waals surface area (Å²) in [4.78, 5) is 44.9. The molecule has 2 aromatic heterocycles. The number of hydrogen-bond acceptors (Lipinski definition) is 16. The monoisotopic (exact) mass is 624 g/mol. The summed E-state index contributed by atoms with van der Waals surface area (Å²) >= 11 is 5.06. The van der Waals surface area contributed by atoms with Crippen molar-refractivity contribution in [3.8, 4) is 0 Å². The minimum Gasteiger partial charge on any atom is -0.438 e. The molecule has 0 bridgehead atoms. The number of nitrogens with zero attached hydrogens (tertiary/aromatic N) is 4. The van der Waals surface area contributed by atoms with Crippen molar-refractivity contribution in [1.82, 2.24) is 19.5 Å². The minimum absolute atomic E-state index is 0.0958. The lowest BCUT2D eigenvalue weighted by atomic mass is 10.4. The molecule has 1 saturated carbocycles. The van der Waals surface area contributed by atoms with Gasteiger partial charge in [0, 0.05) is 26.4 Å². The lowest BCUT2D eigenvalue weighted by molar-refractivity contribution is -0.149. The molecule has 3 N–H and O–H groups in total. The summed E-state index contributed by atoms with van der Waals surface area (Å²) in [6.45, 7) is 5.00. The number of carbonyl (C=O) groups is 3. The molecule has 19 heteroatoms. The number of nitrogens with two attached hydrogens (primary N) is 1. The van der Waals surface area contributed by atoms with E-state index in [-0.39, 0.29) is 24.7 Å². The molecule has 1 aliphatic carbocycles. The van der Waals surface area contributed by atoms with Gasteiger partial charge in [0.05, 0.1) is 19.0 Å². The van der Waals surface area contributed by atoms with Crippen molar-refractivity contribution < 1.29 is 51.7 Å². The SMILES string of the molecule is CC(=O)OCOP(=O)(COCCn1cnc2c(NC3CC3)nc(N)nc21)OCOC(C)=O.CC(C)OC(=O)OCCl. The van der Waals surface area contributed by atoms with Gasteiger partial charge in [-0.3, -0.25) is 23.2 Å². The van der Waals surface area contributed by atoms with Crippen LogP contribution in [0.2, 0.25) is 0 Å². The average molecular weight is 625 g/mol. The van der Waals surface area contributed by atoms with Gasteiger partial charge in [-0.15, -0.1) is 0 Å². The standard InChI is InChI=1S/C17H25N6O8P.C5H9ClO3/c1-11(24)28-8-30-32(26,31-9-29-12(2)25)10-27-6-5-23-7-19-14-15(20-13-3-4-13)21-17(18)22-16(14)23;1-4(2)9-5(7)8-3-6/h7,13H,3-6,8-10H2,1-2H3,(H3,18,20,21,22);4H,3H2,1-2H3. The summed E-state index contributed by atoms with van der Waals surface area (Å²) in [6.07, 6.45) is 2.38. The third-order valence-electron chi connectivity index (χ3n) is 4.65. The van der Waals surface area contributed by atoms with Crippen molar-refractivity contribution in [3.63, 3.8) is 0 Å². The smallest absolute Gasteiger partial charge is 0.438 e. The molecule has 0 saturated heterocycles. The number of anilines is 2. The Labute approximate surface area is 240 Å². The molecule has 1 aliphatic rings. The summed E-state index contributed by atoms with van der Waals surface area (Å²) in [5.41, 5.74) is 6.94. The molecule has 0 radical (unpaired) electrons. The first-order valence-electron chi connectivity index (χ1n) is 12.3. The third-order valence-corrected chi connectivity index (χ3v) is 6.26. The first kappa shape index (κ1) is 34.0. The van der Waals surface area contributed by atoms with E-state index < -0.39 is 45.6 Å². The molecule has 3 rings (SSSR count). The summed E-state index contributed by atoms with van der Waals surface area (Å²) in [5, 5.41) is 3.28. The highest BCUT2D eigenvalue weighted by molar-refractivity contribution is 7.53. The zero-order valence-electron chi connectivity index (χ0n) is 23.1. The van der Waals surface area contributed by atoms with Crippen molar-refractivity contribution in [3.05, 3.63) is 6.33 Å². The predicted molar refractivity (Wildman–Crippen MR) is 144 cm³/mol. The highest BCUT2D eigenvalue weighted by Crippen LogP contribution is 2.48. The van der Waals surface area contributed by atoms with Crippen molar-refractivity contribution in [2.24, 2.45) is 0 Å². The number of esters is 2. The second-order valence-electron chi connectivity index (χ2n) is 8.54. The fourth-order valence-corrected chi connectivity index (χ4v) is 3.84. The Morgan fingerprint density at radius 3 is 2.29 bits per heavy atom. The van der Waals surface area contributed by atoms with Gasteiger partial charge in [-0.2, -0.15) is 9.97 Å². The maximum absolute atomic E-state index is 12.7. The normalized spacial score (nSPS) is 12.8. The number of ether oxygens (including phenoxy) is 5. The number of hydrogen-bond donors (Lipinski definition) is 2. The van der Waals surface area contributed by atoms with E-state index in [4.69, 9.17) is 31.1 Å². The Kier molecular flexibility index (Phi) is 14.0. The molecular weight excluding hydrogens is 591 g/mol. The molecule has 0 aromatic carbocycles. The number of nitrogen functional groups attached to an aromatic ring is 1. The summed E-state index contributed by atoms with van der Waals surface area (Å²) in [6, 6.07) is 0.208. The van der Waals surface area contributed by atoms with Crippen LogP contribution in [0, 0.1) is 0 Å². The molecule has 230 valence electrons. The topological polar surface area (TPSA) is 215 Å². The van der Waals surface area contributed by atoms with E-state index in [2.05, 4.69) is 39.2 Å². The van der Waals surface area contributed by atoms with E-state index in [1.807, 2.05) is 0 Å². The van der Waals surface area contributed by atoms with Gasteiger partial charge in [0.25, 0.3) is 0 Å². The van der Waals surface area contributed by atoms with Gasteiger partial charge >= 0.3 is 25.7 Å². The summed E-state index contributed by atoms with van der Waals surface area (Å²) in [7, 11) is -3.87. The molecule has 2 heterocycles. The Bertz CT molecular complexity index is 1190. The van der Waals surface area contributed by atoms with E-state index in [1.54, 1.807) is 24.7 Å². The number of rotatable bonds is 15. The molecular formula is C22H34ClN6O11P. The van der Waals surface area contributed by atoms with Crippen LogP contribution in [0.5, 0.6) is 0 Å². The van der Waals surface area contributed by atoms with Crippen molar-refractivity contribution in [2.45, 2.75) is 59.2 Å². The van der Waals surface area contributed by atoms with E-state index in [0.717, 1.165) is 12.8 Å². The molecule has 0 aliphatic heterocycles. The van der Waals surface area contributed by atoms with Gasteiger partial charge in [-0.05, 0) is 26.7 Å². The zero-order valence-corrected chi connectivity index (χ0v) is 24.7. The average Bonchev–Trinajstić information content (AvgIpc) is 3.59. The molecule has 1 fully saturated rings. The Morgan fingerprint density at radius 2 is 1.76 bits per heavy atom. The predicted octanol–water partition coefficient (Wildman–Crippen LogP) is 2.97. The van der Waals surface area contributed by atoms with Crippen molar-refractivity contribution in [1.29, 1.82) is 0 Å². The fourth-order valence-electron chi connectivity index (χ4n) is 2.75. The first-order chi connectivity index (χ1) is 19.4. The number of fused-ring (bicyclic) bond motifs is 1. The number of alkyl halides is 1. The maximum Gasteiger partial charge on any atom is 0.509 e. The van der Waals surface area contributed by atoms with Gasteiger partial charge in [-0.25, -0.2) is 9.78 Å². The van der Waals surface area contributed by atoms with Crippen LogP contribution >= 0.6 is 19.2 Å². The number of halogens is 1. The lowest BCUT2D eigenvalue weighted by Gasteiger charge is -2.18. The second kappa shape index (κ2) is 16.9. The maximum atomic E-state index is 12.7. The lowest BCUT2D eigenvalue weighted by Crippen LogP contribution is -2.13. The molecule has 17 nitrogen and oxygen atoms in total. The van der Waals surface area contributed by atoms with E-state index in [9.17, 15) is 18.9 Å². The summed E-state index contributed by atoms with van der Waals surface area (Å²) < 4.78 is 47.9. The van der Waals surface area contributed by atoms with Crippen LogP contribution in [0.1, 0.15) is 40.5 Å². The van der Waals surface area contributed by atoms with Crippen LogP contribution in [-0.2, 0) is 53.4 Å². The number of nitrogens with one attached hydrogen (secondary N) is 1. The van der Waals surface area contributed by atoms with E-state index in [1.165, 1.54) is 13.8 Å². The highest BCUT2D eigenvalue weighted by Gasteiger charge is 2.27. The quantitative estimate of drug-likeness (QED) is 0.0727. The number of imidazole rings is 1. The van der Waals surface area contributed by atoms with Crippen LogP contribution in [0.15, 0.2) is 6.33 Å². The van der Waals surface area contributed by atoms with Crippen molar-refractivity contribution in [2.75, 3.05) is 43.7 Å². The summed E-state index contributed by atoms with van der Waals surface area (Å²) in [5.74, 6) is -0.551. The van der Waals surface area contributed by atoms with Gasteiger partial charge in [0.1, 0.15) is 6.35 Å². The Hall–Kier alpha value is -3.24. The van der Waals surface area contributed by atoms with E-state index in [0.29, 0.717) is 29.6 Å². The molecule has 0 atom stereocenters. The van der Waals surface area contributed by atoms with Crippen LogP contribution in [-0.4, -0.2) is 82.4 Å². The van der Waals surface area contributed by atoms with Gasteiger partial charge in [-0.1, -0.05) is 11.6 Å². The molecule has 0 amide bonds. The minimum atomic E-state index is -3.87. The van der Waals surface area contributed by atoms with Gasteiger partial charge < -0.3 is 39.3 Å². The molecule has 41 heavy (non-hydrogen) atoms. The van der Waals surface area contributed by atoms with Crippen LogP contribution < -0.4 is 11.1 Å². The van der Waals surface area contributed by atoms with Crippen LogP contribution in [0.4, 0.5) is 16.6 Å². The molecule has 2 aromatic rings. The highest BCUT2D eigenvalue weighted by atomic mass is 35.5. The number of carbonyl (C=O) groups excluding carboxylic acids is 3. The molecule has 0 unspecified atom stereocenters. The van der Waals surface area contributed by atoms with Crippen LogP contribution in [0.25, 0.3) is 11.2 Å². The largest absolute Gasteiger partial charge is 0.509 e. The number of aromatic nitrogens is 4. The Balaban J connectivity index is 0.000000564. The third kappa shape index (κ3) is 13.3. The second-order valence-corrected chi connectivity index (χ2v) is 10.8. The van der Waals surface area contributed by atoms with E-state index >= 15 is 0 Å². The first-order valence-corrected chi connectivity index (χ1v) is 14.6. The molecule has 0 spiro atoms. The zero-order chi connectivity index (χ0) is 30.4. The van der Waals surface area contributed by atoms with Gasteiger partial charge in [0.2, 0.25) is 19.5 Å². The van der Waals surface area contributed by atoms with Gasteiger partial charge in [0.15, 0.2) is 23.0 Å². The van der Waals surface area contributed by atoms with Crippen molar-refractivity contribution >= 4 is 60.2 Å². The van der Waals surface area contributed by atoms with Crippen LogP contribution in [0.3, 0.4) is 0 Å². The Morgan fingerprint density at radius 1 is 1.12 bits per heavy atom. The fraction of sp³-hybridized carbons (Fsp3) is 0.636.